The van der Waals surface area contributed by atoms with Crippen LogP contribution in [0, 0.1) is 5.41 Å². The fourth-order valence-electron chi connectivity index (χ4n) is 4.33. The van der Waals surface area contributed by atoms with Crippen molar-refractivity contribution >= 4 is 17.6 Å². The third-order valence-electron chi connectivity index (χ3n) is 6.03. The Kier molecular flexibility index (Phi) is 6.52. The van der Waals surface area contributed by atoms with E-state index in [0.717, 1.165) is 25.7 Å². The quantitative estimate of drug-likeness (QED) is 0.634. The molecule has 1 aliphatic heterocycles. The normalized spacial score (nSPS) is 24.3. The highest BCUT2D eigenvalue weighted by Crippen LogP contribution is 2.41. The van der Waals surface area contributed by atoms with Crippen LogP contribution in [-0.2, 0) is 14.3 Å². The van der Waals surface area contributed by atoms with Gasteiger partial charge in [0.2, 0.25) is 11.5 Å². The maximum atomic E-state index is 13.1. The lowest BCUT2D eigenvalue weighted by molar-refractivity contribution is -0.128. The molecule has 0 unspecified atom stereocenters. The number of hydrogen-bond donors (Lipinski definition) is 3. The summed E-state index contributed by atoms with van der Waals surface area (Å²) in [7, 11) is 0. The van der Waals surface area contributed by atoms with Crippen molar-refractivity contribution in [2.45, 2.75) is 70.6 Å². The van der Waals surface area contributed by atoms with Crippen molar-refractivity contribution in [3.05, 3.63) is 34.2 Å². The molecule has 2 aliphatic rings. The third kappa shape index (κ3) is 5.12. The molecule has 1 aromatic rings. The fourth-order valence-corrected chi connectivity index (χ4v) is 4.33. The number of carbonyl (C=O) groups is 3. The second-order valence-electron chi connectivity index (χ2n) is 8.40. The average Bonchev–Trinajstić information content (AvgIpc) is 3.27. The Bertz CT molecular complexity index is 828. The predicted molar refractivity (Wildman–Crippen MR) is 106 cm³/mol. The van der Waals surface area contributed by atoms with E-state index in [1.807, 2.05) is 6.92 Å². The third-order valence-corrected chi connectivity index (χ3v) is 6.03. The van der Waals surface area contributed by atoms with Crippen LogP contribution in [0.4, 0.5) is 0 Å². The van der Waals surface area contributed by atoms with Gasteiger partial charge in [-0.2, -0.15) is 0 Å². The first-order valence-corrected chi connectivity index (χ1v) is 10.3. The van der Waals surface area contributed by atoms with Crippen LogP contribution in [-0.4, -0.2) is 47.4 Å². The highest BCUT2D eigenvalue weighted by molar-refractivity contribution is 5.98. The zero-order valence-electron chi connectivity index (χ0n) is 17.0. The SMILES string of the molecule is CC[C@@H]1OCC(=O)[C@H]1NC(=O)[C@H](CC1(C)CCCC1)NC(=O)c1cc[nH]c(=O)c1. The molecule has 8 nitrogen and oxygen atoms in total. The Labute approximate surface area is 169 Å². The lowest BCUT2D eigenvalue weighted by Gasteiger charge is -2.30. The average molecular weight is 403 g/mol. The molecule has 29 heavy (non-hydrogen) atoms. The predicted octanol–water partition coefficient (Wildman–Crippen LogP) is 1.31. The molecule has 158 valence electrons. The van der Waals surface area contributed by atoms with Gasteiger partial charge in [0.25, 0.3) is 5.91 Å². The van der Waals surface area contributed by atoms with E-state index in [1.54, 1.807) is 0 Å². The molecule has 0 radical (unpaired) electrons. The maximum absolute atomic E-state index is 13.1. The number of amides is 2. The van der Waals surface area contributed by atoms with Crippen LogP contribution in [0.3, 0.4) is 0 Å². The summed E-state index contributed by atoms with van der Waals surface area (Å²) in [6, 6.07) is 1.20. The van der Waals surface area contributed by atoms with Crippen molar-refractivity contribution in [2.24, 2.45) is 5.41 Å². The molecule has 2 fully saturated rings. The zero-order chi connectivity index (χ0) is 21.0. The first kappa shape index (κ1) is 21.2. The molecule has 1 aromatic heterocycles. The van der Waals surface area contributed by atoms with Crippen LogP contribution in [0.15, 0.2) is 23.1 Å². The number of ether oxygens (including phenoxy) is 1. The van der Waals surface area contributed by atoms with Crippen LogP contribution >= 0.6 is 0 Å². The summed E-state index contributed by atoms with van der Waals surface area (Å²) in [5.41, 5.74) is -0.250. The molecule has 3 N–H and O–H groups in total. The van der Waals surface area contributed by atoms with E-state index in [-0.39, 0.29) is 35.0 Å². The number of ketones is 1. The van der Waals surface area contributed by atoms with Crippen LogP contribution in [0.1, 0.15) is 62.7 Å². The molecule has 3 atom stereocenters. The minimum absolute atomic E-state index is 0.00894. The van der Waals surface area contributed by atoms with Gasteiger partial charge in [-0.3, -0.25) is 19.2 Å². The molecule has 1 aliphatic carbocycles. The molecule has 2 heterocycles. The summed E-state index contributed by atoms with van der Waals surface area (Å²) >= 11 is 0. The highest BCUT2D eigenvalue weighted by atomic mass is 16.5. The molecular weight excluding hydrogens is 374 g/mol. The van der Waals surface area contributed by atoms with Gasteiger partial charge in [-0.25, -0.2) is 0 Å². The summed E-state index contributed by atoms with van der Waals surface area (Å²) < 4.78 is 5.43. The van der Waals surface area contributed by atoms with Gasteiger partial charge in [0.15, 0.2) is 5.78 Å². The lowest BCUT2D eigenvalue weighted by Crippen LogP contribution is -2.54. The number of pyridine rings is 1. The second kappa shape index (κ2) is 8.90. The van der Waals surface area contributed by atoms with Gasteiger partial charge in [0, 0.05) is 17.8 Å². The Morgan fingerprint density at radius 2 is 2.03 bits per heavy atom. The Hall–Kier alpha value is -2.48. The number of carbonyl (C=O) groups excluding carboxylic acids is 3. The molecule has 0 aromatic carbocycles. The second-order valence-corrected chi connectivity index (χ2v) is 8.40. The van der Waals surface area contributed by atoms with Gasteiger partial charge in [-0.05, 0) is 37.2 Å². The highest BCUT2D eigenvalue weighted by Gasteiger charge is 2.39. The first-order valence-electron chi connectivity index (χ1n) is 10.3. The van der Waals surface area contributed by atoms with E-state index in [1.165, 1.54) is 18.3 Å². The number of rotatable bonds is 7. The van der Waals surface area contributed by atoms with Gasteiger partial charge in [-0.1, -0.05) is 26.7 Å². The number of hydrogen-bond acceptors (Lipinski definition) is 5. The van der Waals surface area contributed by atoms with Gasteiger partial charge in [0.05, 0.1) is 6.10 Å². The topological polar surface area (TPSA) is 117 Å². The number of aromatic amines is 1. The van der Waals surface area contributed by atoms with E-state index in [9.17, 15) is 19.2 Å². The summed E-state index contributed by atoms with van der Waals surface area (Å²) in [5, 5.41) is 5.57. The minimum atomic E-state index is -0.796. The van der Waals surface area contributed by atoms with E-state index in [0.29, 0.717) is 12.8 Å². The number of nitrogens with one attached hydrogen (secondary N) is 3. The monoisotopic (exact) mass is 403 g/mol. The molecule has 0 bridgehead atoms. The van der Waals surface area contributed by atoms with Gasteiger partial charge >= 0.3 is 0 Å². The molecule has 8 heteroatoms. The Balaban J connectivity index is 1.76. The van der Waals surface area contributed by atoms with Gasteiger partial charge < -0.3 is 20.4 Å². The Morgan fingerprint density at radius 3 is 2.69 bits per heavy atom. The van der Waals surface area contributed by atoms with Crippen molar-refractivity contribution < 1.29 is 19.1 Å². The molecular formula is C21H29N3O5. The zero-order valence-corrected chi connectivity index (χ0v) is 17.0. The number of Topliss-reactive ketones (excluding diaryl/α,β-unsaturated/α-hetero) is 1. The van der Waals surface area contributed by atoms with E-state index < -0.39 is 23.9 Å². The van der Waals surface area contributed by atoms with Crippen molar-refractivity contribution in [1.82, 2.24) is 15.6 Å². The molecule has 1 saturated heterocycles. The fraction of sp³-hybridized carbons (Fsp3) is 0.619. The van der Waals surface area contributed by atoms with Crippen LogP contribution < -0.4 is 16.2 Å². The van der Waals surface area contributed by atoms with Crippen LogP contribution in [0.5, 0.6) is 0 Å². The van der Waals surface area contributed by atoms with Crippen molar-refractivity contribution in [1.29, 1.82) is 0 Å². The number of H-pyrrole nitrogens is 1. The molecule has 2 amide bonds. The number of aromatic nitrogens is 1. The Morgan fingerprint density at radius 1 is 1.31 bits per heavy atom. The standard InChI is InChI=1S/C21H29N3O5/c1-3-16-18(15(25)12-29-16)24-20(28)14(11-21(2)7-4-5-8-21)23-19(27)13-6-9-22-17(26)10-13/h6,9-10,14,16,18H,3-5,7-8,11-12H2,1-2H3,(H,22,26)(H,23,27)(H,24,28)/t14-,16-,18+/m0/s1. The van der Waals surface area contributed by atoms with Gasteiger partial charge in [0.1, 0.15) is 18.7 Å². The van der Waals surface area contributed by atoms with Crippen LogP contribution in [0.25, 0.3) is 0 Å². The lowest BCUT2D eigenvalue weighted by atomic mass is 9.81. The van der Waals surface area contributed by atoms with Gasteiger partial charge in [-0.15, -0.1) is 0 Å². The summed E-state index contributed by atoms with van der Waals surface area (Å²) in [6.07, 6.45) is 6.30. The van der Waals surface area contributed by atoms with Crippen molar-refractivity contribution in [2.75, 3.05) is 6.61 Å². The van der Waals surface area contributed by atoms with Crippen LogP contribution in [0.2, 0.25) is 0 Å². The van der Waals surface area contributed by atoms with E-state index in [2.05, 4.69) is 22.5 Å². The summed E-state index contributed by atoms with van der Waals surface area (Å²) in [5.74, 6) is -1.03. The van der Waals surface area contributed by atoms with E-state index >= 15 is 0 Å². The minimum Gasteiger partial charge on any atom is -0.368 e. The summed E-state index contributed by atoms with van der Waals surface area (Å²) in [4.78, 5) is 51.8. The summed E-state index contributed by atoms with van der Waals surface area (Å²) in [6.45, 7) is 4.01. The molecule has 1 saturated carbocycles. The molecule has 0 spiro atoms. The maximum Gasteiger partial charge on any atom is 0.252 e. The van der Waals surface area contributed by atoms with Crippen molar-refractivity contribution in [3.63, 3.8) is 0 Å². The van der Waals surface area contributed by atoms with E-state index in [4.69, 9.17) is 4.74 Å². The molecule has 3 rings (SSSR count). The smallest absolute Gasteiger partial charge is 0.252 e. The first-order chi connectivity index (χ1) is 13.8. The largest absolute Gasteiger partial charge is 0.368 e. The van der Waals surface area contributed by atoms with Crippen molar-refractivity contribution in [3.8, 4) is 0 Å².